The van der Waals surface area contributed by atoms with Gasteiger partial charge in [0.2, 0.25) is 5.91 Å². The molecule has 0 spiro atoms. The van der Waals surface area contributed by atoms with Crippen LogP contribution in [-0.2, 0) is 27.2 Å². The normalized spacial score (nSPS) is 30.1. The SMILES string of the molecule is CCOC(=O)c1c(NC(=O)[C@H]2[C@H]3CC[C@@H](C3)[C@@H]2C(=O)O)sc2c1CC[C@@H](CC)C2. The first-order valence-electron chi connectivity index (χ1n) is 10.8. The van der Waals surface area contributed by atoms with Crippen molar-refractivity contribution in [1.29, 1.82) is 0 Å². The van der Waals surface area contributed by atoms with E-state index < -0.39 is 23.8 Å². The summed E-state index contributed by atoms with van der Waals surface area (Å²) < 4.78 is 5.28. The Kier molecular flexibility index (Phi) is 5.69. The van der Waals surface area contributed by atoms with Crippen LogP contribution in [-0.4, -0.2) is 29.6 Å². The molecule has 5 atom stereocenters. The maximum Gasteiger partial charge on any atom is 0.341 e. The first kappa shape index (κ1) is 20.4. The van der Waals surface area contributed by atoms with Crippen LogP contribution in [0.5, 0.6) is 0 Å². The standard InChI is InChI=1S/C22H29NO5S/c1-3-11-5-8-14-15(9-11)29-20(18(14)22(27)28-4-2)23-19(24)16-12-6-7-13(10-12)17(16)21(25)26/h11-13,16-17H,3-10H2,1-2H3,(H,23,24)(H,25,26)/t11-,12+,13+,16+,17+/m1/s1. The Morgan fingerprint density at radius 2 is 1.86 bits per heavy atom. The molecular formula is C22H29NO5S. The van der Waals surface area contributed by atoms with Crippen LogP contribution in [0.2, 0.25) is 0 Å². The van der Waals surface area contributed by atoms with Crippen molar-refractivity contribution in [1.82, 2.24) is 0 Å². The highest BCUT2D eigenvalue weighted by Crippen LogP contribution is 2.53. The predicted molar refractivity (Wildman–Crippen MR) is 110 cm³/mol. The second kappa shape index (κ2) is 8.09. The minimum absolute atomic E-state index is 0.0969. The Bertz CT molecular complexity index is 831. The number of carbonyl (C=O) groups is 3. The molecule has 0 aliphatic heterocycles. The van der Waals surface area contributed by atoms with Crippen LogP contribution in [0.15, 0.2) is 0 Å². The molecule has 2 saturated carbocycles. The van der Waals surface area contributed by atoms with Gasteiger partial charge in [-0.1, -0.05) is 13.3 Å². The van der Waals surface area contributed by atoms with Crippen molar-refractivity contribution >= 4 is 34.2 Å². The lowest BCUT2D eigenvalue weighted by molar-refractivity contribution is -0.148. The van der Waals surface area contributed by atoms with Gasteiger partial charge in [-0.2, -0.15) is 0 Å². The van der Waals surface area contributed by atoms with Gasteiger partial charge in [0, 0.05) is 4.88 Å². The van der Waals surface area contributed by atoms with Gasteiger partial charge in [0.1, 0.15) is 5.00 Å². The zero-order valence-electron chi connectivity index (χ0n) is 17.0. The molecule has 0 radical (unpaired) electrons. The molecule has 3 aliphatic rings. The summed E-state index contributed by atoms with van der Waals surface area (Å²) in [6.45, 7) is 4.23. The van der Waals surface area contributed by atoms with Crippen molar-refractivity contribution in [3.05, 3.63) is 16.0 Å². The lowest BCUT2D eigenvalue weighted by Gasteiger charge is -2.27. The van der Waals surface area contributed by atoms with Gasteiger partial charge in [-0.3, -0.25) is 9.59 Å². The summed E-state index contributed by atoms with van der Waals surface area (Å²) >= 11 is 1.47. The fourth-order valence-electron chi connectivity index (χ4n) is 5.73. The Morgan fingerprint density at radius 1 is 1.14 bits per heavy atom. The maximum absolute atomic E-state index is 13.2. The van der Waals surface area contributed by atoms with Crippen LogP contribution in [0, 0.1) is 29.6 Å². The molecule has 1 amide bonds. The Balaban J connectivity index is 1.62. The average Bonchev–Trinajstić information content (AvgIpc) is 3.39. The molecule has 1 aromatic rings. The quantitative estimate of drug-likeness (QED) is 0.677. The summed E-state index contributed by atoms with van der Waals surface area (Å²) in [6.07, 6.45) is 6.50. The summed E-state index contributed by atoms with van der Waals surface area (Å²) in [4.78, 5) is 38.8. The number of fused-ring (bicyclic) bond motifs is 3. The molecule has 4 rings (SSSR count). The molecule has 0 unspecified atom stereocenters. The third kappa shape index (κ3) is 3.58. The number of aliphatic carboxylic acids is 1. The van der Waals surface area contributed by atoms with E-state index in [1.165, 1.54) is 11.3 Å². The first-order chi connectivity index (χ1) is 13.9. The lowest BCUT2D eigenvalue weighted by atomic mass is 9.78. The highest BCUT2D eigenvalue weighted by atomic mass is 32.1. The molecular weight excluding hydrogens is 390 g/mol. The van der Waals surface area contributed by atoms with Gasteiger partial charge < -0.3 is 15.2 Å². The number of esters is 1. The second-order valence-corrected chi connectivity index (χ2v) is 9.76. The Morgan fingerprint density at radius 3 is 2.52 bits per heavy atom. The van der Waals surface area contributed by atoms with E-state index in [0.29, 0.717) is 16.5 Å². The van der Waals surface area contributed by atoms with Gasteiger partial charge in [0.25, 0.3) is 0 Å². The van der Waals surface area contributed by atoms with E-state index in [1.54, 1.807) is 6.92 Å². The number of anilines is 1. The number of ether oxygens (including phenoxy) is 1. The second-order valence-electron chi connectivity index (χ2n) is 8.66. The number of hydrogen-bond acceptors (Lipinski definition) is 5. The molecule has 1 aromatic heterocycles. The minimum Gasteiger partial charge on any atom is -0.481 e. The zero-order chi connectivity index (χ0) is 20.7. The van der Waals surface area contributed by atoms with E-state index in [-0.39, 0.29) is 24.3 Å². The van der Waals surface area contributed by atoms with Crippen molar-refractivity contribution in [2.24, 2.45) is 29.6 Å². The van der Waals surface area contributed by atoms with Crippen molar-refractivity contribution in [3.63, 3.8) is 0 Å². The predicted octanol–water partition coefficient (Wildman–Crippen LogP) is 4.13. The Hall–Kier alpha value is -1.89. The van der Waals surface area contributed by atoms with E-state index in [0.717, 1.165) is 55.4 Å². The van der Waals surface area contributed by atoms with Gasteiger partial charge in [0.15, 0.2) is 0 Å². The maximum atomic E-state index is 13.2. The highest BCUT2D eigenvalue weighted by molar-refractivity contribution is 7.17. The van der Waals surface area contributed by atoms with E-state index in [1.807, 2.05) is 0 Å². The van der Waals surface area contributed by atoms with Crippen LogP contribution >= 0.6 is 11.3 Å². The topological polar surface area (TPSA) is 92.7 Å². The number of rotatable bonds is 6. The van der Waals surface area contributed by atoms with E-state index >= 15 is 0 Å². The average molecular weight is 420 g/mol. The van der Waals surface area contributed by atoms with Gasteiger partial charge in [-0.15, -0.1) is 11.3 Å². The first-order valence-corrected chi connectivity index (χ1v) is 11.6. The van der Waals surface area contributed by atoms with Gasteiger partial charge in [0.05, 0.1) is 24.0 Å². The smallest absolute Gasteiger partial charge is 0.341 e. The molecule has 2 N–H and O–H groups in total. The van der Waals surface area contributed by atoms with Crippen LogP contribution in [0.4, 0.5) is 5.00 Å². The van der Waals surface area contributed by atoms with Crippen LogP contribution in [0.3, 0.4) is 0 Å². The Labute approximate surface area is 175 Å². The summed E-state index contributed by atoms with van der Waals surface area (Å²) in [5.41, 5.74) is 1.50. The number of amides is 1. The molecule has 29 heavy (non-hydrogen) atoms. The molecule has 3 aliphatic carbocycles. The monoisotopic (exact) mass is 419 g/mol. The van der Waals surface area contributed by atoms with Crippen molar-refractivity contribution in [2.75, 3.05) is 11.9 Å². The van der Waals surface area contributed by atoms with Crippen LogP contribution in [0.1, 0.15) is 66.8 Å². The van der Waals surface area contributed by atoms with Gasteiger partial charge in [-0.25, -0.2) is 4.79 Å². The number of hydrogen-bond donors (Lipinski definition) is 2. The van der Waals surface area contributed by atoms with E-state index in [9.17, 15) is 19.5 Å². The van der Waals surface area contributed by atoms with Gasteiger partial charge in [-0.05, 0) is 68.8 Å². The molecule has 1 heterocycles. The molecule has 0 aromatic carbocycles. The molecule has 6 nitrogen and oxygen atoms in total. The van der Waals surface area contributed by atoms with E-state index in [4.69, 9.17) is 4.74 Å². The zero-order valence-corrected chi connectivity index (χ0v) is 17.8. The van der Waals surface area contributed by atoms with E-state index in [2.05, 4.69) is 12.2 Å². The number of thiophene rings is 1. The van der Waals surface area contributed by atoms with Crippen molar-refractivity contribution in [2.45, 2.75) is 58.8 Å². The summed E-state index contributed by atoms with van der Waals surface area (Å²) in [7, 11) is 0. The number of carbonyl (C=O) groups excluding carboxylic acids is 2. The molecule has 2 bridgehead atoms. The van der Waals surface area contributed by atoms with Crippen LogP contribution < -0.4 is 5.32 Å². The summed E-state index contributed by atoms with van der Waals surface area (Å²) in [5.74, 6) is -1.81. The fraction of sp³-hybridized carbons (Fsp3) is 0.682. The fourth-order valence-corrected chi connectivity index (χ4v) is 7.08. The lowest BCUT2D eigenvalue weighted by Crippen LogP contribution is -2.38. The number of carboxylic acids is 1. The summed E-state index contributed by atoms with van der Waals surface area (Å²) in [5, 5.41) is 13.2. The highest BCUT2D eigenvalue weighted by Gasteiger charge is 2.54. The third-order valence-corrected chi connectivity index (χ3v) is 8.34. The van der Waals surface area contributed by atoms with Crippen LogP contribution in [0.25, 0.3) is 0 Å². The van der Waals surface area contributed by atoms with Crippen molar-refractivity contribution in [3.8, 4) is 0 Å². The van der Waals surface area contributed by atoms with Crippen molar-refractivity contribution < 1.29 is 24.2 Å². The molecule has 7 heteroatoms. The number of nitrogens with one attached hydrogen (secondary N) is 1. The molecule has 158 valence electrons. The van der Waals surface area contributed by atoms with Gasteiger partial charge >= 0.3 is 11.9 Å². The summed E-state index contributed by atoms with van der Waals surface area (Å²) in [6, 6.07) is 0. The molecule has 2 fully saturated rings. The number of carboxylic acid groups (broad SMARTS) is 1. The largest absolute Gasteiger partial charge is 0.481 e. The molecule has 0 saturated heterocycles. The minimum atomic E-state index is -0.876. The third-order valence-electron chi connectivity index (χ3n) is 7.17.